The Hall–Kier alpha value is -0.800. The van der Waals surface area contributed by atoms with E-state index in [0.717, 1.165) is 24.9 Å². The Morgan fingerprint density at radius 3 is 3.11 bits per heavy atom. The van der Waals surface area contributed by atoms with E-state index in [9.17, 15) is 4.79 Å². The second-order valence-electron chi connectivity index (χ2n) is 5.36. The fraction of sp³-hybridized carbons (Fsp3) is 0.533. The van der Waals surface area contributed by atoms with Crippen LogP contribution in [0.15, 0.2) is 23.1 Å². The van der Waals surface area contributed by atoms with Crippen molar-refractivity contribution in [3.63, 3.8) is 0 Å². The zero-order valence-electron chi connectivity index (χ0n) is 10.6. The zero-order valence-corrected chi connectivity index (χ0v) is 11.4. The van der Waals surface area contributed by atoms with Crippen LogP contribution in [0.25, 0.3) is 0 Å². The van der Waals surface area contributed by atoms with Crippen molar-refractivity contribution < 1.29 is 4.79 Å². The van der Waals surface area contributed by atoms with Gasteiger partial charge in [-0.05, 0) is 48.8 Å². The topological polar surface area (TPSA) is 29.1 Å². The molecule has 1 unspecified atom stereocenters. The van der Waals surface area contributed by atoms with Crippen molar-refractivity contribution in [1.82, 2.24) is 5.32 Å². The quantitative estimate of drug-likeness (QED) is 0.830. The number of fused-ring (bicyclic) bond motifs is 2. The highest BCUT2D eigenvalue weighted by Crippen LogP contribution is 2.44. The molecular weight excluding hydrogens is 242 g/mol. The largest absolute Gasteiger partial charge is 0.316 e. The summed E-state index contributed by atoms with van der Waals surface area (Å²) < 4.78 is 0. The monoisotopic (exact) mass is 261 g/mol. The van der Waals surface area contributed by atoms with Crippen molar-refractivity contribution in [3.05, 3.63) is 29.3 Å². The lowest BCUT2D eigenvalue weighted by molar-refractivity contribution is -0.107. The van der Waals surface area contributed by atoms with Gasteiger partial charge in [-0.25, -0.2) is 0 Å². The number of carbonyl (C=O) groups is 1. The molecule has 2 nitrogen and oxygen atoms in total. The summed E-state index contributed by atoms with van der Waals surface area (Å²) in [5.41, 5.74) is 2.99. The van der Waals surface area contributed by atoms with Crippen molar-refractivity contribution in [3.8, 4) is 0 Å². The van der Waals surface area contributed by atoms with Crippen LogP contribution in [0.2, 0.25) is 0 Å². The van der Waals surface area contributed by atoms with E-state index in [2.05, 4.69) is 23.5 Å². The molecule has 3 rings (SSSR count). The van der Waals surface area contributed by atoms with Gasteiger partial charge in [-0.15, -0.1) is 11.8 Å². The Morgan fingerprint density at radius 1 is 1.39 bits per heavy atom. The van der Waals surface area contributed by atoms with Gasteiger partial charge in [0.1, 0.15) is 6.29 Å². The van der Waals surface area contributed by atoms with E-state index in [4.69, 9.17) is 0 Å². The number of nitrogens with one attached hydrogen (secondary N) is 1. The summed E-state index contributed by atoms with van der Waals surface area (Å²) in [6, 6.07) is 6.63. The summed E-state index contributed by atoms with van der Waals surface area (Å²) >= 11 is 1.98. The van der Waals surface area contributed by atoms with E-state index in [0.29, 0.717) is 11.8 Å². The maximum absolute atomic E-state index is 10.7. The Bertz CT molecular complexity index is 452. The number of hydrogen-bond acceptors (Lipinski definition) is 3. The van der Waals surface area contributed by atoms with Crippen molar-refractivity contribution in [1.29, 1.82) is 0 Å². The molecule has 1 N–H and O–H groups in total. The average Bonchev–Trinajstić information content (AvgIpc) is 2.78. The first-order valence-corrected chi connectivity index (χ1v) is 7.73. The van der Waals surface area contributed by atoms with Gasteiger partial charge in [0.2, 0.25) is 0 Å². The van der Waals surface area contributed by atoms with Crippen LogP contribution >= 0.6 is 11.8 Å². The maximum atomic E-state index is 10.7. The first kappa shape index (κ1) is 12.2. The highest BCUT2D eigenvalue weighted by Gasteiger charge is 2.38. The predicted molar refractivity (Wildman–Crippen MR) is 75.3 cm³/mol. The molecule has 1 saturated heterocycles. The van der Waals surface area contributed by atoms with E-state index in [1.54, 1.807) is 0 Å². The Balaban J connectivity index is 2.05. The standard InChI is InChI=1S/C15H19NOS/c17-8-4-12-2-3-14-13(10-12)15(5-1-9-18-14)6-7-16-11-15/h2-3,8,10,16H,1,4-7,9,11H2. The normalized spacial score (nSPS) is 26.9. The molecule has 0 amide bonds. The third-order valence-corrected chi connectivity index (χ3v) is 5.40. The van der Waals surface area contributed by atoms with Crippen molar-refractivity contribution in [2.45, 2.75) is 36.0 Å². The van der Waals surface area contributed by atoms with Gasteiger partial charge < -0.3 is 10.1 Å². The van der Waals surface area contributed by atoms with Gasteiger partial charge in [-0.3, -0.25) is 0 Å². The minimum Gasteiger partial charge on any atom is -0.316 e. The van der Waals surface area contributed by atoms with E-state index >= 15 is 0 Å². The molecule has 0 aliphatic carbocycles. The van der Waals surface area contributed by atoms with Gasteiger partial charge in [0, 0.05) is 23.3 Å². The van der Waals surface area contributed by atoms with Crippen LogP contribution in [0.3, 0.4) is 0 Å². The lowest BCUT2D eigenvalue weighted by atomic mass is 9.75. The Labute approximate surface area is 113 Å². The number of carbonyl (C=O) groups excluding carboxylic acids is 1. The number of benzene rings is 1. The number of aldehydes is 1. The summed E-state index contributed by atoms with van der Waals surface area (Å²) in [5, 5.41) is 3.52. The number of thioether (sulfide) groups is 1. The molecule has 2 heterocycles. The molecule has 1 atom stereocenters. The van der Waals surface area contributed by atoms with Gasteiger partial charge >= 0.3 is 0 Å². The van der Waals surface area contributed by atoms with Crippen LogP contribution in [0.5, 0.6) is 0 Å². The predicted octanol–water partition coefficient (Wildman–Crippen LogP) is 2.54. The highest BCUT2D eigenvalue weighted by molar-refractivity contribution is 7.99. The third-order valence-electron chi connectivity index (χ3n) is 4.24. The lowest BCUT2D eigenvalue weighted by Crippen LogP contribution is -2.29. The van der Waals surface area contributed by atoms with Gasteiger partial charge in [0.25, 0.3) is 0 Å². The summed E-state index contributed by atoms with van der Waals surface area (Å²) in [6.45, 7) is 2.23. The molecule has 2 aliphatic heterocycles. The second kappa shape index (κ2) is 5.06. The van der Waals surface area contributed by atoms with Crippen LogP contribution < -0.4 is 5.32 Å². The first-order chi connectivity index (χ1) is 8.84. The van der Waals surface area contributed by atoms with Gasteiger partial charge in [0.05, 0.1) is 0 Å². The first-order valence-electron chi connectivity index (χ1n) is 6.75. The maximum Gasteiger partial charge on any atom is 0.124 e. The summed E-state index contributed by atoms with van der Waals surface area (Å²) in [4.78, 5) is 12.1. The fourth-order valence-corrected chi connectivity index (χ4v) is 4.36. The molecule has 2 aliphatic rings. The highest BCUT2D eigenvalue weighted by atomic mass is 32.2. The van der Waals surface area contributed by atoms with Crippen LogP contribution in [0, 0.1) is 0 Å². The molecule has 96 valence electrons. The molecule has 1 aromatic rings. The molecular formula is C15H19NOS. The van der Waals surface area contributed by atoms with Crippen molar-refractivity contribution in [2.75, 3.05) is 18.8 Å². The molecule has 18 heavy (non-hydrogen) atoms. The number of hydrogen-bond donors (Lipinski definition) is 1. The lowest BCUT2D eigenvalue weighted by Gasteiger charge is -2.29. The minimum absolute atomic E-state index is 0.331. The smallest absolute Gasteiger partial charge is 0.124 e. The fourth-order valence-electron chi connectivity index (χ4n) is 3.25. The zero-order chi connectivity index (χ0) is 12.4. The van der Waals surface area contributed by atoms with Crippen molar-refractivity contribution in [2.24, 2.45) is 0 Å². The molecule has 0 bridgehead atoms. The van der Waals surface area contributed by atoms with Gasteiger partial charge in [-0.1, -0.05) is 12.1 Å². The third kappa shape index (κ3) is 2.10. The SMILES string of the molecule is O=CCc1ccc2c(c1)C1(CCCS2)CCNC1. The summed E-state index contributed by atoms with van der Waals surface area (Å²) in [6.07, 6.45) is 5.37. The summed E-state index contributed by atoms with van der Waals surface area (Å²) in [7, 11) is 0. The van der Waals surface area contributed by atoms with Crippen LogP contribution in [-0.4, -0.2) is 25.1 Å². The van der Waals surface area contributed by atoms with Gasteiger partial charge in [-0.2, -0.15) is 0 Å². The molecule has 1 spiro atoms. The second-order valence-corrected chi connectivity index (χ2v) is 6.50. The average molecular weight is 261 g/mol. The van der Waals surface area contributed by atoms with E-state index in [1.165, 1.54) is 35.5 Å². The molecule has 0 radical (unpaired) electrons. The number of rotatable bonds is 2. The molecule has 3 heteroatoms. The Morgan fingerprint density at radius 2 is 2.33 bits per heavy atom. The molecule has 0 saturated carbocycles. The molecule has 0 aromatic heterocycles. The van der Waals surface area contributed by atoms with E-state index in [-0.39, 0.29) is 0 Å². The van der Waals surface area contributed by atoms with Crippen molar-refractivity contribution >= 4 is 18.0 Å². The minimum atomic E-state index is 0.331. The van der Waals surface area contributed by atoms with Crippen LogP contribution in [-0.2, 0) is 16.6 Å². The molecule has 1 aromatic carbocycles. The van der Waals surface area contributed by atoms with E-state index < -0.39 is 0 Å². The van der Waals surface area contributed by atoms with Crippen LogP contribution in [0.4, 0.5) is 0 Å². The van der Waals surface area contributed by atoms with Crippen LogP contribution in [0.1, 0.15) is 30.4 Å². The van der Waals surface area contributed by atoms with E-state index in [1.807, 2.05) is 11.8 Å². The van der Waals surface area contributed by atoms with Gasteiger partial charge in [0.15, 0.2) is 0 Å². The Kier molecular flexibility index (Phi) is 3.44. The summed E-state index contributed by atoms with van der Waals surface area (Å²) in [5.74, 6) is 1.22. The molecule has 1 fully saturated rings.